The number of hydrogen-bond acceptors (Lipinski definition) is 5. The Morgan fingerprint density at radius 2 is 1.78 bits per heavy atom. The molecule has 3 aromatic carbocycles. The van der Waals surface area contributed by atoms with Crippen molar-refractivity contribution in [3.05, 3.63) is 98.8 Å². The van der Waals surface area contributed by atoms with Crippen molar-refractivity contribution in [2.24, 2.45) is 0 Å². The minimum Gasteiger partial charge on any atom is -0.478 e. The smallest absolute Gasteiger partial charge is 0.439 e. The maximum atomic E-state index is 12.7. The Morgan fingerprint density at radius 1 is 1.03 bits per heavy atom. The van der Waals surface area contributed by atoms with Crippen LogP contribution in [0.1, 0.15) is 21.4 Å². The Bertz CT molecular complexity index is 1770. The Morgan fingerprint density at radius 3 is 2.47 bits per heavy atom. The molecule has 32 heavy (non-hydrogen) atoms. The molecule has 0 aliphatic rings. The molecule has 0 saturated carbocycles. The number of nitrogens with one attached hydrogen (secondary N) is 2. The van der Waals surface area contributed by atoms with Crippen molar-refractivity contribution < 1.29 is 19.9 Å². The third-order valence-electron chi connectivity index (χ3n) is 4.91. The SMILES string of the molecule is [2H]c1c([2H])c(-c2ccccc2-c2noc(=O)[nH]2)c([2H])c([2H])c1Cn1c(=O)[nH]c2cccc(C(=O)O)c21. The van der Waals surface area contributed by atoms with Crippen LogP contribution in [-0.2, 0) is 6.54 Å². The van der Waals surface area contributed by atoms with E-state index in [1.807, 2.05) is 0 Å². The van der Waals surface area contributed by atoms with E-state index in [1.54, 1.807) is 24.3 Å². The van der Waals surface area contributed by atoms with Crippen LogP contribution in [0.5, 0.6) is 0 Å². The summed E-state index contributed by atoms with van der Waals surface area (Å²) >= 11 is 0. The Balaban J connectivity index is 1.71. The summed E-state index contributed by atoms with van der Waals surface area (Å²) in [6, 6.07) is 9.23. The number of hydrogen-bond donors (Lipinski definition) is 3. The van der Waals surface area contributed by atoms with Gasteiger partial charge < -0.3 is 10.1 Å². The summed E-state index contributed by atoms with van der Waals surface area (Å²) < 4.78 is 40.1. The van der Waals surface area contributed by atoms with Crippen LogP contribution >= 0.6 is 0 Å². The molecular weight excluding hydrogens is 412 g/mol. The second-order valence-corrected chi connectivity index (χ2v) is 6.87. The number of H-pyrrole nitrogens is 2. The standard InChI is InChI=1S/C23H16N4O5/c28-21(29)17-6-3-7-18-19(17)27(22(30)24-18)12-13-8-10-14(11-9-13)15-4-1-2-5-16(15)20-25-23(31)32-26-20/h1-11H,12H2,(H,24,30)(H,28,29)(H,25,26,31)/i8D,9D,10D,11D. The maximum absolute atomic E-state index is 12.7. The number of benzene rings is 3. The number of rotatable bonds is 5. The van der Waals surface area contributed by atoms with E-state index in [-0.39, 0.29) is 51.2 Å². The highest BCUT2D eigenvalue weighted by Crippen LogP contribution is 2.30. The zero-order valence-corrected chi connectivity index (χ0v) is 16.2. The summed E-state index contributed by atoms with van der Waals surface area (Å²) in [6.45, 7) is -0.392. The molecule has 0 atom stereocenters. The molecule has 0 bridgehead atoms. The molecule has 2 heterocycles. The van der Waals surface area contributed by atoms with Gasteiger partial charge in [0, 0.05) is 5.56 Å². The van der Waals surface area contributed by atoms with Gasteiger partial charge in [-0.2, -0.15) is 0 Å². The van der Waals surface area contributed by atoms with Gasteiger partial charge in [-0.05, 0) is 28.8 Å². The number of aromatic carboxylic acids is 1. The van der Waals surface area contributed by atoms with Crippen molar-refractivity contribution in [1.82, 2.24) is 19.7 Å². The molecule has 5 aromatic rings. The number of aromatic nitrogens is 4. The normalized spacial score (nSPS) is 12.9. The maximum Gasteiger partial charge on any atom is 0.439 e. The van der Waals surface area contributed by atoms with Crippen LogP contribution in [0.4, 0.5) is 0 Å². The molecular formula is C23H16N4O5. The first kappa shape index (κ1) is 15.2. The molecule has 3 N–H and O–H groups in total. The third-order valence-corrected chi connectivity index (χ3v) is 4.91. The number of fused-ring (bicyclic) bond motifs is 1. The monoisotopic (exact) mass is 432 g/mol. The fourth-order valence-electron chi connectivity index (χ4n) is 3.51. The van der Waals surface area contributed by atoms with E-state index in [1.165, 1.54) is 18.2 Å². The largest absolute Gasteiger partial charge is 0.478 e. The highest BCUT2D eigenvalue weighted by atomic mass is 16.5. The van der Waals surface area contributed by atoms with Crippen molar-refractivity contribution in [1.29, 1.82) is 0 Å². The van der Waals surface area contributed by atoms with E-state index in [9.17, 15) is 19.5 Å². The van der Waals surface area contributed by atoms with Crippen molar-refractivity contribution in [2.75, 3.05) is 0 Å². The number of imidazole rings is 1. The minimum absolute atomic E-state index is 0.0364. The molecule has 0 radical (unpaired) electrons. The zero-order valence-electron chi connectivity index (χ0n) is 20.2. The Labute approximate surface area is 185 Å². The summed E-state index contributed by atoms with van der Waals surface area (Å²) in [5.74, 6) is -1.99. The summed E-state index contributed by atoms with van der Waals surface area (Å²) in [5, 5.41) is 13.2. The van der Waals surface area contributed by atoms with Gasteiger partial charge in [0.05, 0.1) is 28.6 Å². The van der Waals surface area contributed by atoms with Crippen LogP contribution in [-0.4, -0.2) is 30.8 Å². The molecule has 0 aliphatic heterocycles. The Hall–Kier alpha value is -4.66. The number of carboxylic acid groups (broad SMARTS) is 1. The van der Waals surface area contributed by atoms with E-state index >= 15 is 0 Å². The van der Waals surface area contributed by atoms with Crippen molar-refractivity contribution >= 4 is 17.0 Å². The lowest BCUT2D eigenvalue weighted by Crippen LogP contribution is -2.18. The van der Waals surface area contributed by atoms with Crippen LogP contribution in [0.15, 0.2) is 80.7 Å². The van der Waals surface area contributed by atoms with E-state index in [4.69, 9.17) is 5.48 Å². The summed E-state index contributed by atoms with van der Waals surface area (Å²) in [4.78, 5) is 40.8. The van der Waals surface area contributed by atoms with Gasteiger partial charge in [0.2, 0.25) is 0 Å². The van der Waals surface area contributed by atoms with Gasteiger partial charge in [0.15, 0.2) is 5.82 Å². The van der Waals surface area contributed by atoms with E-state index in [0.29, 0.717) is 5.56 Å². The van der Waals surface area contributed by atoms with Crippen LogP contribution in [0.25, 0.3) is 33.5 Å². The van der Waals surface area contributed by atoms with Crippen molar-refractivity contribution in [3.8, 4) is 22.5 Å². The quantitative estimate of drug-likeness (QED) is 0.391. The highest BCUT2D eigenvalue weighted by molar-refractivity contribution is 6.01. The van der Waals surface area contributed by atoms with E-state index in [0.717, 1.165) is 4.57 Å². The molecule has 0 unspecified atom stereocenters. The first-order valence-corrected chi connectivity index (χ1v) is 9.38. The molecule has 0 aliphatic carbocycles. The van der Waals surface area contributed by atoms with Gasteiger partial charge in [-0.15, -0.1) is 0 Å². The molecule has 0 spiro atoms. The second kappa shape index (κ2) is 7.55. The molecule has 158 valence electrons. The van der Waals surface area contributed by atoms with E-state index < -0.39 is 36.0 Å². The second-order valence-electron chi connectivity index (χ2n) is 6.87. The Kier molecular flexibility index (Phi) is 3.58. The van der Waals surface area contributed by atoms with Crippen LogP contribution in [0.3, 0.4) is 0 Å². The molecule has 5 rings (SSSR count). The summed E-state index contributed by atoms with van der Waals surface area (Å²) in [7, 11) is 0. The lowest BCUT2D eigenvalue weighted by atomic mass is 9.98. The average Bonchev–Trinajstić information content (AvgIpc) is 3.43. The number of carbonyl (C=O) groups is 1. The van der Waals surface area contributed by atoms with Crippen LogP contribution in [0.2, 0.25) is 0 Å². The van der Waals surface area contributed by atoms with Crippen LogP contribution in [0, 0.1) is 0 Å². The molecule has 0 fully saturated rings. The topological polar surface area (TPSA) is 134 Å². The molecule has 2 aromatic heterocycles. The van der Waals surface area contributed by atoms with Crippen molar-refractivity contribution in [2.45, 2.75) is 6.54 Å². The molecule has 9 heteroatoms. The number of aromatic amines is 2. The van der Waals surface area contributed by atoms with Gasteiger partial charge in [0.25, 0.3) is 0 Å². The summed E-state index contributed by atoms with van der Waals surface area (Å²) in [5.41, 5.74) is 0.0284. The fourth-order valence-corrected chi connectivity index (χ4v) is 3.51. The summed E-state index contributed by atoms with van der Waals surface area (Å²) in [6.07, 6.45) is 0. The van der Waals surface area contributed by atoms with Gasteiger partial charge in [-0.3, -0.25) is 14.1 Å². The van der Waals surface area contributed by atoms with E-state index in [2.05, 4.69) is 19.6 Å². The first-order chi connectivity index (χ1) is 17.2. The van der Waals surface area contributed by atoms with Crippen molar-refractivity contribution in [3.63, 3.8) is 0 Å². The lowest BCUT2D eigenvalue weighted by molar-refractivity contribution is 0.0698. The van der Waals surface area contributed by atoms with Gasteiger partial charge in [0.1, 0.15) is 0 Å². The van der Waals surface area contributed by atoms with Crippen LogP contribution < -0.4 is 11.4 Å². The zero-order chi connectivity index (χ0) is 25.7. The molecule has 0 amide bonds. The lowest BCUT2D eigenvalue weighted by Gasteiger charge is -2.09. The van der Waals surface area contributed by atoms with Gasteiger partial charge in [-0.1, -0.05) is 59.7 Å². The predicted molar refractivity (Wildman–Crippen MR) is 117 cm³/mol. The highest BCUT2D eigenvalue weighted by Gasteiger charge is 2.16. The number of para-hydroxylation sites is 1. The third kappa shape index (κ3) is 3.31. The number of nitrogens with zero attached hydrogens (tertiary/aromatic N) is 2. The number of carboxylic acids is 1. The fraction of sp³-hybridized carbons (Fsp3) is 0.0435. The minimum atomic E-state index is -1.26. The molecule has 9 nitrogen and oxygen atoms in total. The van der Waals surface area contributed by atoms with Gasteiger partial charge in [-0.25, -0.2) is 14.4 Å². The predicted octanol–water partition coefficient (Wildman–Crippen LogP) is 3.09. The molecule has 0 saturated heterocycles. The first-order valence-electron chi connectivity index (χ1n) is 11.4. The van der Waals surface area contributed by atoms with Gasteiger partial charge >= 0.3 is 17.4 Å². The average molecular weight is 432 g/mol.